The van der Waals surface area contributed by atoms with E-state index < -0.39 is 0 Å². The number of carbonyl (C=O) groups is 2. The predicted octanol–water partition coefficient (Wildman–Crippen LogP) is 2.05. The summed E-state index contributed by atoms with van der Waals surface area (Å²) in [4.78, 5) is 28.4. The van der Waals surface area contributed by atoms with E-state index in [9.17, 15) is 9.59 Å². The van der Waals surface area contributed by atoms with Crippen molar-refractivity contribution in [2.45, 2.75) is 6.42 Å². The summed E-state index contributed by atoms with van der Waals surface area (Å²) in [6, 6.07) is 11.9. The molecular weight excluding hydrogens is 360 g/mol. The van der Waals surface area contributed by atoms with Gasteiger partial charge in [0.05, 0.1) is 5.56 Å². The van der Waals surface area contributed by atoms with Gasteiger partial charge in [-0.1, -0.05) is 30.3 Å². The fourth-order valence-corrected chi connectivity index (χ4v) is 3.73. The van der Waals surface area contributed by atoms with Crippen molar-refractivity contribution in [3.05, 3.63) is 58.3 Å². The van der Waals surface area contributed by atoms with Gasteiger partial charge in [0.1, 0.15) is 0 Å². The van der Waals surface area contributed by atoms with E-state index in [4.69, 9.17) is 0 Å². The molecule has 1 saturated heterocycles. The maximum atomic E-state index is 12.3. The Labute approximate surface area is 164 Å². The Morgan fingerprint density at radius 3 is 2.41 bits per heavy atom. The Morgan fingerprint density at radius 1 is 0.963 bits per heavy atom. The lowest BCUT2D eigenvalue weighted by atomic mass is 10.1. The normalized spacial score (nSPS) is 14.7. The number of carbonyl (C=O) groups excluding carboxylic acids is 2. The number of urea groups is 1. The fraction of sp³-hybridized carbons (Fsp3) is 0.400. The van der Waals surface area contributed by atoms with Crippen molar-refractivity contribution >= 4 is 23.3 Å². The second-order valence-electron chi connectivity index (χ2n) is 6.56. The van der Waals surface area contributed by atoms with Gasteiger partial charge in [0, 0.05) is 51.2 Å². The van der Waals surface area contributed by atoms with Crippen LogP contribution in [-0.4, -0.2) is 67.6 Å². The van der Waals surface area contributed by atoms with Crippen molar-refractivity contribution in [2.24, 2.45) is 0 Å². The fourth-order valence-electron chi connectivity index (χ4n) is 3.10. The van der Waals surface area contributed by atoms with Crippen LogP contribution in [0.4, 0.5) is 4.79 Å². The zero-order chi connectivity index (χ0) is 18.9. The van der Waals surface area contributed by atoms with Crippen LogP contribution in [0.1, 0.15) is 15.9 Å². The topological polar surface area (TPSA) is 64.7 Å². The first-order chi connectivity index (χ1) is 13.2. The van der Waals surface area contributed by atoms with Gasteiger partial charge in [0.2, 0.25) is 0 Å². The molecule has 0 spiro atoms. The van der Waals surface area contributed by atoms with Crippen molar-refractivity contribution in [1.82, 2.24) is 20.4 Å². The molecule has 1 aliphatic rings. The Kier molecular flexibility index (Phi) is 7.24. The molecule has 2 aromatic rings. The minimum Gasteiger partial charge on any atom is -0.338 e. The van der Waals surface area contributed by atoms with E-state index in [1.54, 1.807) is 11.3 Å². The SMILES string of the molecule is O=C(NCCc1ccccc1)NCCN1CCN(C(=O)c2ccsc2)CC1. The molecule has 0 unspecified atom stereocenters. The first kappa shape index (κ1) is 19.4. The molecule has 0 atom stereocenters. The molecule has 2 N–H and O–H groups in total. The van der Waals surface area contributed by atoms with Crippen molar-refractivity contribution < 1.29 is 9.59 Å². The quantitative estimate of drug-likeness (QED) is 0.766. The van der Waals surface area contributed by atoms with Crippen LogP contribution in [0, 0.1) is 0 Å². The minimum absolute atomic E-state index is 0.117. The zero-order valence-electron chi connectivity index (χ0n) is 15.4. The molecule has 1 aliphatic heterocycles. The van der Waals surface area contributed by atoms with Crippen molar-refractivity contribution in [3.8, 4) is 0 Å². The van der Waals surface area contributed by atoms with Gasteiger partial charge in [-0.2, -0.15) is 11.3 Å². The van der Waals surface area contributed by atoms with Crippen LogP contribution in [0.3, 0.4) is 0 Å². The van der Waals surface area contributed by atoms with Crippen LogP contribution in [-0.2, 0) is 6.42 Å². The maximum absolute atomic E-state index is 12.3. The second kappa shape index (κ2) is 10.1. The molecule has 1 fully saturated rings. The Bertz CT molecular complexity index is 713. The first-order valence-electron chi connectivity index (χ1n) is 9.32. The maximum Gasteiger partial charge on any atom is 0.314 e. The monoisotopic (exact) mass is 386 g/mol. The lowest BCUT2D eigenvalue weighted by Gasteiger charge is -2.34. The first-order valence-corrected chi connectivity index (χ1v) is 10.3. The average Bonchev–Trinajstić information content (AvgIpc) is 3.24. The third-order valence-electron chi connectivity index (χ3n) is 4.68. The van der Waals surface area contributed by atoms with Crippen LogP contribution in [0.15, 0.2) is 47.2 Å². The van der Waals surface area contributed by atoms with Crippen LogP contribution in [0.25, 0.3) is 0 Å². The molecule has 0 aliphatic carbocycles. The highest BCUT2D eigenvalue weighted by molar-refractivity contribution is 7.08. The largest absolute Gasteiger partial charge is 0.338 e. The molecule has 1 aromatic carbocycles. The Morgan fingerprint density at radius 2 is 1.70 bits per heavy atom. The summed E-state index contributed by atoms with van der Waals surface area (Å²) < 4.78 is 0. The molecule has 3 amide bonds. The van der Waals surface area contributed by atoms with Gasteiger partial charge < -0.3 is 15.5 Å². The van der Waals surface area contributed by atoms with Crippen LogP contribution < -0.4 is 10.6 Å². The Balaban J connectivity index is 1.27. The molecule has 0 bridgehead atoms. The van der Waals surface area contributed by atoms with E-state index in [1.165, 1.54) is 5.56 Å². The lowest BCUT2D eigenvalue weighted by molar-refractivity contribution is 0.0640. The summed E-state index contributed by atoms with van der Waals surface area (Å²) in [6.45, 7) is 5.18. The third kappa shape index (κ3) is 6.08. The van der Waals surface area contributed by atoms with Crippen molar-refractivity contribution in [2.75, 3.05) is 45.8 Å². The predicted molar refractivity (Wildman–Crippen MR) is 108 cm³/mol. The van der Waals surface area contributed by atoms with Crippen molar-refractivity contribution in [1.29, 1.82) is 0 Å². The summed E-state index contributed by atoms with van der Waals surface area (Å²) in [6.07, 6.45) is 0.828. The second-order valence-corrected chi connectivity index (χ2v) is 7.34. The van der Waals surface area contributed by atoms with E-state index in [0.717, 1.165) is 44.7 Å². The van der Waals surface area contributed by atoms with E-state index in [-0.39, 0.29) is 11.9 Å². The number of thiophene rings is 1. The summed E-state index contributed by atoms with van der Waals surface area (Å²) in [7, 11) is 0. The molecule has 6 nitrogen and oxygen atoms in total. The molecule has 7 heteroatoms. The lowest BCUT2D eigenvalue weighted by Crippen LogP contribution is -2.50. The molecule has 144 valence electrons. The van der Waals surface area contributed by atoms with E-state index in [1.807, 2.05) is 39.9 Å². The molecule has 3 rings (SSSR count). The number of hydrogen-bond donors (Lipinski definition) is 2. The van der Waals surface area contributed by atoms with E-state index in [0.29, 0.717) is 13.1 Å². The number of rotatable bonds is 7. The van der Waals surface area contributed by atoms with Gasteiger partial charge in [0.15, 0.2) is 0 Å². The highest BCUT2D eigenvalue weighted by Crippen LogP contribution is 2.11. The van der Waals surface area contributed by atoms with Crippen LogP contribution >= 0.6 is 11.3 Å². The van der Waals surface area contributed by atoms with Gasteiger partial charge in [-0.05, 0) is 23.4 Å². The number of hydrogen-bond acceptors (Lipinski definition) is 4. The highest BCUT2D eigenvalue weighted by Gasteiger charge is 2.22. The van der Waals surface area contributed by atoms with Gasteiger partial charge in [-0.25, -0.2) is 4.79 Å². The third-order valence-corrected chi connectivity index (χ3v) is 5.37. The van der Waals surface area contributed by atoms with Gasteiger partial charge >= 0.3 is 6.03 Å². The number of piperazine rings is 1. The summed E-state index contributed by atoms with van der Waals surface area (Å²) in [5, 5.41) is 9.62. The average molecular weight is 387 g/mol. The number of amides is 3. The molecule has 1 aromatic heterocycles. The van der Waals surface area contributed by atoms with E-state index >= 15 is 0 Å². The highest BCUT2D eigenvalue weighted by atomic mass is 32.1. The van der Waals surface area contributed by atoms with Crippen LogP contribution in [0.2, 0.25) is 0 Å². The number of nitrogens with zero attached hydrogens (tertiary/aromatic N) is 2. The Hall–Kier alpha value is -2.38. The van der Waals surface area contributed by atoms with E-state index in [2.05, 4.69) is 27.7 Å². The minimum atomic E-state index is -0.128. The summed E-state index contributed by atoms with van der Waals surface area (Å²) >= 11 is 1.55. The van der Waals surface area contributed by atoms with Gasteiger partial charge in [0.25, 0.3) is 5.91 Å². The van der Waals surface area contributed by atoms with Gasteiger partial charge in [-0.15, -0.1) is 0 Å². The number of benzene rings is 1. The standard InChI is InChI=1S/C20H26N4O2S/c25-19(18-7-15-27-16-18)24-13-11-23(12-14-24)10-9-22-20(26)21-8-6-17-4-2-1-3-5-17/h1-5,7,15-16H,6,8-14H2,(H2,21,22,26). The molecule has 0 saturated carbocycles. The van der Waals surface area contributed by atoms with Crippen LogP contribution in [0.5, 0.6) is 0 Å². The number of nitrogens with one attached hydrogen (secondary N) is 2. The zero-order valence-corrected chi connectivity index (χ0v) is 16.2. The molecule has 27 heavy (non-hydrogen) atoms. The van der Waals surface area contributed by atoms with Crippen molar-refractivity contribution in [3.63, 3.8) is 0 Å². The molecule has 0 radical (unpaired) electrons. The summed E-state index contributed by atoms with van der Waals surface area (Å²) in [5.41, 5.74) is 2.00. The van der Waals surface area contributed by atoms with Gasteiger partial charge in [-0.3, -0.25) is 9.69 Å². The summed E-state index contributed by atoms with van der Waals surface area (Å²) in [5.74, 6) is 0.117. The molecular formula is C20H26N4O2S. The molecule has 2 heterocycles. The smallest absolute Gasteiger partial charge is 0.314 e.